The summed E-state index contributed by atoms with van der Waals surface area (Å²) in [6.07, 6.45) is -0.560. The van der Waals surface area contributed by atoms with Crippen molar-refractivity contribution >= 4 is 0 Å². The van der Waals surface area contributed by atoms with E-state index in [9.17, 15) is 0 Å². The predicted molar refractivity (Wildman–Crippen MR) is 61.3 cm³/mol. The monoisotopic (exact) mass is 205 g/mol. The number of hydrogen-bond donors (Lipinski definition) is 3. The minimum atomic E-state index is -0.560. The minimum absolute atomic E-state index is 0.139. The second-order valence-corrected chi connectivity index (χ2v) is 4.48. The number of aliphatic hydroxyl groups is 2. The minimum Gasteiger partial charge on any atom is -0.394 e. The summed E-state index contributed by atoms with van der Waals surface area (Å²) in [5.74, 6) is 1.56. The highest BCUT2D eigenvalue weighted by atomic mass is 16.3. The molecule has 0 saturated heterocycles. The molecule has 14 heavy (non-hydrogen) atoms. The van der Waals surface area contributed by atoms with E-state index < -0.39 is 6.10 Å². The first-order chi connectivity index (χ1) is 6.40. The molecule has 0 rings (SSSR count). The van der Waals surface area contributed by atoms with Crippen LogP contribution in [0.2, 0.25) is 0 Å². The molecule has 3 N–H and O–H groups in total. The Morgan fingerprint density at radius 2 is 1.21 bits per heavy atom. The standard InChI is InChI=1S/C8H19N.C3H8O2/c1-7(2)5-9-6-8(3)4;1-3(5)2-4/h7-9H,5-6H2,1-4H3;3-5H,2H2,1H3. The van der Waals surface area contributed by atoms with Crippen LogP contribution in [-0.4, -0.2) is 36.0 Å². The molecule has 0 amide bonds. The summed E-state index contributed by atoms with van der Waals surface area (Å²) in [7, 11) is 0. The Morgan fingerprint density at radius 3 is 1.36 bits per heavy atom. The molecule has 0 aromatic carbocycles. The third kappa shape index (κ3) is 22.6. The van der Waals surface area contributed by atoms with Crippen LogP contribution in [0.15, 0.2) is 0 Å². The molecule has 1 unspecified atom stereocenters. The normalized spacial score (nSPS) is 12.6. The van der Waals surface area contributed by atoms with Crippen molar-refractivity contribution in [3.8, 4) is 0 Å². The van der Waals surface area contributed by atoms with Gasteiger partial charge in [-0.1, -0.05) is 27.7 Å². The SMILES string of the molecule is CC(C)CNCC(C)C.CC(O)CO. The topological polar surface area (TPSA) is 52.5 Å². The smallest absolute Gasteiger partial charge is 0.0742 e. The van der Waals surface area contributed by atoms with Gasteiger partial charge in [-0.05, 0) is 31.8 Å². The van der Waals surface area contributed by atoms with Crippen LogP contribution in [0.25, 0.3) is 0 Å². The van der Waals surface area contributed by atoms with Crippen molar-refractivity contribution in [2.24, 2.45) is 11.8 Å². The van der Waals surface area contributed by atoms with Gasteiger partial charge in [0.1, 0.15) is 0 Å². The van der Waals surface area contributed by atoms with E-state index in [0.29, 0.717) is 0 Å². The average Bonchev–Trinajstić information content (AvgIpc) is 2.04. The van der Waals surface area contributed by atoms with Gasteiger partial charge in [-0.25, -0.2) is 0 Å². The van der Waals surface area contributed by atoms with Gasteiger partial charge in [0, 0.05) is 0 Å². The molecule has 0 aromatic rings. The summed E-state index contributed by atoms with van der Waals surface area (Å²) >= 11 is 0. The third-order valence-electron chi connectivity index (χ3n) is 1.37. The van der Waals surface area contributed by atoms with Crippen molar-refractivity contribution < 1.29 is 10.2 Å². The molecule has 0 radical (unpaired) electrons. The van der Waals surface area contributed by atoms with Gasteiger partial charge in [0.05, 0.1) is 12.7 Å². The second kappa shape index (κ2) is 11.0. The third-order valence-corrected chi connectivity index (χ3v) is 1.37. The molecule has 0 aromatic heterocycles. The lowest BCUT2D eigenvalue weighted by atomic mass is 10.2. The fourth-order valence-electron chi connectivity index (χ4n) is 0.661. The molecule has 0 saturated carbocycles. The van der Waals surface area contributed by atoms with Crippen molar-refractivity contribution in [3.05, 3.63) is 0 Å². The maximum atomic E-state index is 8.11. The van der Waals surface area contributed by atoms with Crippen LogP contribution in [0, 0.1) is 11.8 Å². The molecule has 0 fully saturated rings. The number of hydrogen-bond acceptors (Lipinski definition) is 3. The van der Waals surface area contributed by atoms with Crippen LogP contribution in [0.4, 0.5) is 0 Å². The molecule has 0 heterocycles. The van der Waals surface area contributed by atoms with Crippen LogP contribution in [0.1, 0.15) is 34.6 Å². The van der Waals surface area contributed by atoms with E-state index >= 15 is 0 Å². The zero-order valence-corrected chi connectivity index (χ0v) is 10.2. The summed E-state index contributed by atoms with van der Waals surface area (Å²) in [5.41, 5.74) is 0. The first-order valence-corrected chi connectivity index (χ1v) is 5.39. The van der Waals surface area contributed by atoms with Gasteiger partial charge in [0.25, 0.3) is 0 Å². The Hall–Kier alpha value is -0.120. The number of rotatable bonds is 5. The Morgan fingerprint density at radius 1 is 0.929 bits per heavy atom. The number of nitrogens with one attached hydrogen (secondary N) is 1. The summed E-state index contributed by atoms with van der Waals surface area (Å²) in [6, 6.07) is 0. The van der Waals surface area contributed by atoms with Crippen LogP contribution in [0.5, 0.6) is 0 Å². The maximum Gasteiger partial charge on any atom is 0.0742 e. The molecule has 0 aliphatic heterocycles. The van der Waals surface area contributed by atoms with E-state index in [-0.39, 0.29) is 6.61 Å². The summed E-state index contributed by atoms with van der Waals surface area (Å²) in [6.45, 7) is 12.6. The van der Waals surface area contributed by atoms with E-state index in [4.69, 9.17) is 10.2 Å². The van der Waals surface area contributed by atoms with Crippen LogP contribution in [-0.2, 0) is 0 Å². The Kier molecular flexibility index (Phi) is 12.8. The largest absolute Gasteiger partial charge is 0.394 e. The summed E-state index contributed by atoms with van der Waals surface area (Å²) < 4.78 is 0. The molecule has 88 valence electrons. The average molecular weight is 205 g/mol. The van der Waals surface area contributed by atoms with E-state index in [0.717, 1.165) is 24.9 Å². The highest BCUT2D eigenvalue weighted by Crippen LogP contribution is 1.90. The maximum absolute atomic E-state index is 8.11. The first-order valence-electron chi connectivity index (χ1n) is 5.39. The predicted octanol–water partition coefficient (Wildman–Crippen LogP) is 1.25. The second-order valence-electron chi connectivity index (χ2n) is 4.48. The molecule has 0 aliphatic carbocycles. The zero-order chi connectivity index (χ0) is 11.6. The van der Waals surface area contributed by atoms with Gasteiger partial charge in [-0.3, -0.25) is 0 Å². The van der Waals surface area contributed by atoms with Gasteiger partial charge in [-0.2, -0.15) is 0 Å². The van der Waals surface area contributed by atoms with E-state index in [1.54, 1.807) is 0 Å². The fourth-order valence-corrected chi connectivity index (χ4v) is 0.661. The lowest BCUT2D eigenvalue weighted by Crippen LogP contribution is -2.23. The van der Waals surface area contributed by atoms with Crippen molar-refractivity contribution in [1.82, 2.24) is 5.32 Å². The fraction of sp³-hybridized carbons (Fsp3) is 1.00. The molecule has 3 nitrogen and oxygen atoms in total. The Balaban J connectivity index is 0. The van der Waals surface area contributed by atoms with Crippen molar-refractivity contribution in [1.29, 1.82) is 0 Å². The Labute approximate surface area is 88.5 Å². The van der Waals surface area contributed by atoms with Crippen LogP contribution in [0.3, 0.4) is 0 Å². The van der Waals surface area contributed by atoms with Crippen LogP contribution < -0.4 is 5.32 Å². The zero-order valence-electron chi connectivity index (χ0n) is 10.2. The van der Waals surface area contributed by atoms with E-state index in [1.807, 2.05) is 0 Å². The molecule has 1 atom stereocenters. The van der Waals surface area contributed by atoms with Gasteiger partial charge >= 0.3 is 0 Å². The van der Waals surface area contributed by atoms with Gasteiger partial charge in [0.2, 0.25) is 0 Å². The van der Waals surface area contributed by atoms with E-state index in [2.05, 4.69) is 33.0 Å². The quantitative estimate of drug-likeness (QED) is 0.633. The van der Waals surface area contributed by atoms with Crippen LogP contribution >= 0.6 is 0 Å². The lowest BCUT2D eigenvalue weighted by Gasteiger charge is -2.08. The molecule has 0 spiro atoms. The molecular formula is C11H27NO2. The molecular weight excluding hydrogens is 178 g/mol. The first kappa shape index (κ1) is 16.3. The van der Waals surface area contributed by atoms with Crippen molar-refractivity contribution in [3.63, 3.8) is 0 Å². The summed E-state index contributed by atoms with van der Waals surface area (Å²) in [4.78, 5) is 0. The number of aliphatic hydroxyl groups excluding tert-OH is 2. The lowest BCUT2D eigenvalue weighted by molar-refractivity contribution is 0.110. The summed E-state index contributed by atoms with van der Waals surface area (Å²) in [5, 5.41) is 19.4. The molecule has 0 aliphatic rings. The van der Waals surface area contributed by atoms with E-state index in [1.165, 1.54) is 6.92 Å². The van der Waals surface area contributed by atoms with Crippen molar-refractivity contribution in [2.75, 3.05) is 19.7 Å². The Bertz CT molecular complexity index is 95.5. The molecule has 3 heteroatoms. The highest BCUT2D eigenvalue weighted by molar-refractivity contribution is 4.52. The van der Waals surface area contributed by atoms with Gasteiger partial charge < -0.3 is 15.5 Å². The van der Waals surface area contributed by atoms with Crippen molar-refractivity contribution in [2.45, 2.75) is 40.7 Å². The highest BCUT2D eigenvalue weighted by Gasteiger charge is 1.94. The molecule has 0 bridgehead atoms. The van der Waals surface area contributed by atoms with Gasteiger partial charge in [-0.15, -0.1) is 0 Å². The van der Waals surface area contributed by atoms with Gasteiger partial charge in [0.15, 0.2) is 0 Å².